The normalized spacial score (nSPS) is 10.5. The van der Waals surface area contributed by atoms with E-state index in [1.165, 1.54) is 19.9 Å². The van der Waals surface area contributed by atoms with E-state index in [9.17, 15) is 9.59 Å². The van der Waals surface area contributed by atoms with Crippen LogP contribution in [0.2, 0.25) is 10.0 Å². The lowest BCUT2D eigenvalue weighted by molar-refractivity contribution is -0.133. The molecular formula is C20H14Cl2O5. The summed E-state index contributed by atoms with van der Waals surface area (Å²) in [5, 5.41) is 2.02. The molecule has 0 heterocycles. The van der Waals surface area contributed by atoms with Gasteiger partial charge in [0.15, 0.2) is 11.5 Å². The number of halogens is 2. The van der Waals surface area contributed by atoms with Crippen molar-refractivity contribution >= 4 is 45.9 Å². The average Bonchev–Trinajstić information content (AvgIpc) is 2.59. The van der Waals surface area contributed by atoms with Gasteiger partial charge in [-0.25, -0.2) is 0 Å². The molecule has 138 valence electrons. The molecule has 0 aliphatic heterocycles. The molecular weight excluding hydrogens is 391 g/mol. The largest absolute Gasteiger partial charge is 0.453 e. The molecule has 0 aliphatic rings. The van der Waals surface area contributed by atoms with E-state index in [1.807, 2.05) is 0 Å². The first kappa shape index (κ1) is 19.0. The van der Waals surface area contributed by atoms with Crippen molar-refractivity contribution in [1.82, 2.24) is 0 Å². The van der Waals surface area contributed by atoms with Crippen LogP contribution in [-0.4, -0.2) is 11.9 Å². The molecule has 0 saturated carbocycles. The molecule has 0 aliphatic carbocycles. The van der Waals surface area contributed by atoms with Crippen LogP contribution in [0.4, 0.5) is 0 Å². The van der Waals surface area contributed by atoms with Crippen molar-refractivity contribution < 1.29 is 23.8 Å². The first-order valence-electron chi connectivity index (χ1n) is 7.90. The van der Waals surface area contributed by atoms with E-state index in [1.54, 1.807) is 42.5 Å². The van der Waals surface area contributed by atoms with Gasteiger partial charge in [0.1, 0.15) is 11.5 Å². The highest BCUT2D eigenvalue weighted by Crippen LogP contribution is 2.44. The van der Waals surface area contributed by atoms with Gasteiger partial charge in [0, 0.05) is 40.7 Å². The fourth-order valence-electron chi connectivity index (χ4n) is 2.51. The molecule has 5 nitrogen and oxygen atoms in total. The Morgan fingerprint density at radius 1 is 0.741 bits per heavy atom. The Balaban J connectivity index is 2.22. The zero-order valence-electron chi connectivity index (χ0n) is 14.4. The fourth-order valence-corrected chi connectivity index (χ4v) is 2.81. The second kappa shape index (κ2) is 7.86. The van der Waals surface area contributed by atoms with Gasteiger partial charge in [-0.3, -0.25) is 9.59 Å². The molecule has 7 heteroatoms. The van der Waals surface area contributed by atoms with Crippen LogP contribution in [0.5, 0.6) is 23.0 Å². The molecule has 0 amide bonds. The predicted octanol–water partition coefficient (Wildman–Crippen LogP) is 5.79. The average molecular weight is 405 g/mol. The summed E-state index contributed by atoms with van der Waals surface area (Å²) in [4.78, 5) is 23.1. The fraction of sp³-hybridized carbons (Fsp3) is 0.100. The zero-order chi connectivity index (χ0) is 19.6. The number of fused-ring (bicyclic) bond motifs is 1. The topological polar surface area (TPSA) is 61.8 Å². The van der Waals surface area contributed by atoms with Crippen molar-refractivity contribution in [2.75, 3.05) is 0 Å². The highest BCUT2D eigenvalue weighted by atomic mass is 35.5. The minimum Gasteiger partial charge on any atom is -0.453 e. The summed E-state index contributed by atoms with van der Waals surface area (Å²) in [6.45, 7) is 2.57. The summed E-state index contributed by atoms with van der Waals surface area (Å²) in [5.74, 6) is 0.0785. The quantitative estimate of drug-likeness (QED) is 0.406. The maximum Gasteiger partial charge on any atom is 0.308 e. The molecule has 0 N–H and O–H groups in total. The van der Waals surface area contributed by atoms with Crippen molar-refractivity contribution in [2.45, 2.75) is 13.8 Å². The maximum absolute atomic E-state index is 11.6. The Morgan fingerprint density at radius 3 is 2.00 bits per heavy atom. The van der Waals surface area contributed by atoms with E-state index in [0.717, 1.165) is 0 Å². The van der Waals surface area contributed by atoms with Gasteiger partial charge in [-0.1, -0.05) is 23.2 Å². The smallest absolute Gasteiger partial charge is 0.308 e. The molecule has 0 atom stereocenters. The number of hydrogen-bond donors (Lipinski definition) is 0. The van der Waals surface area contributed by atoms with Crippen LogP contribution in [0.3, 0.4) is 0 Å². The maximum atomic E-state index is 11.6. The first-order valence-corrected chi connectivity index (χ1v) is 8.65. The lowest BCUT2D eigenvalue weighted by atomic mass is 10.1. The van der Waals surface area contributed by atoms with Gasteiger partial charge < -0.3 is 14.2 Å². The van der Waals surface area contributed by atoms with Gasteiger partial charge in [0.05, 0.1) is 0 Å². The molecule has 27 heavy (non-hydrogen) atoms. The molecule has 0 spiro atoms. The van der Waals surface area contributed by atoms with E-state index >= 15 is 0 Å². The van der Waals surface area contributed by atoms with Crippen molar-refractivity contribution in [1.29, 1.82) is 0 Å². The van der Waals surface area contributed by atoms with E-state index in [4.69, 9.17) is 37.4 Å². The van der Waals surface area contributed by atoms with Crippen LogP contribution in [0, 0.1) is 0 Å². The summed E-state index contributed by atoms with van der Waals surface area (Å²) in [7, 11) is 0. The Labute approximate surface area is 165 Å². The van der Waals surface area contributed by atoms with Gasteiger partial charge in [0.25, 0.3) is 0 Å². The van der Waals surface area contributed by atoms with Gasteiger partial charge >= 0.3 is 11.9 Å². The third-order valence-corrected chi connectivity index (χ3v) is 4.01. The molecule has 0 aromatic heterocycles. The Bertz CT molecular complexity index is 1030. The minimum atomic E-state index is -0.521. The van der Waals surface area contributed by atoms with Crippen LogP contribution < -0.4 is 14.2 Å². The Kier molecular flexibility index (Phi) is 5.54. The highest BCUT2D eigenvalue weighted by Gasteiger charge is 2.19. The molecule has 0 fully saturated rings. The van der Waals surface area contributed by atoms with Crippen LogP contribution >= 0.6 is 23.2 Å². The number of ether oxygens (including phenoxy) is 3. The minimum absolute atomic E-state index is 0.194. The number of hydrogen-bond acceptors (Lipinski definition) is 5. The molecule has 0 bridgehead atoms. The van der Waals surface area contributed by atoms with Gasteiger partial charge in [-0.15, -0.1) is 0 Å². The summed E-state index contributed by atoms with van der Waals surface area (Å²) in [5.41, 5.74) is 0. The molecule has 3 rings (SSSR count). The van der Waals surface area contributed by atoms with E-state index in [-0.39, 0.29) is 17.2 Å². The Hall–Kier alpha value is -2.76. The van der Waals surface area contributed by atoms with E-state index in [2.05, 4.69) is 0 Å². The predicted molar refractivity (Wildman–Crippen MR) is 103 cm³/mol. The van der Waals surface area contributed by atoms with Gasteiger partial charge in [-0.2, -0.15) is 0 Å². The zero-order valence-corrected chi connectivity index (χ0v) is 15.9. The summed E-state index contributed by atoms with van der Waals surface area (Å²) < 4.78 is 16.5. The summed E-state index contributed by atoms with van der Waals surface area (Å²) in [6, 6.07) is 13.1. The van der Waals surface area contributed by atoms with Crippen molar-refractivity contribution in [3.8, 4) is 23.0 Å². The molecule has 0 saturated heterocycles. The molecule has 3 aromatic carbocycles. The van der Waals surface area contributed by atoms with Crippen LogP contribution in [-0.2, 0) is 9.59 Å². The lowest BCUT2D eigenvalue weighted by Crippen LogP contribution is -2.06. The van der Waals surface area contributed by atoms with E-state index < -0.39 is 11.9 Å². The Morgan fingerprint density at radius 2 is 1.37 bits per heavy atom. The van der Waals surface area contributed by atoms with Crippen molar-refractivity contribution in [2.24, 2.45) is 0 Å². The van der Waals surface area contributed by atoms with Crippen LogP contribution in [0.25, 0.3) is 10.8 Å². The number of benzene rings is 3. The lowest BCUT2D eigenvalue weighted by Gasteiger charge is -2.16. The number of carbonyl (C=O) groups excluding carboxylic acids is 2. The number of esters is 2. The third-order valence-electron chi connectivity index (χ3n) is 3.52. The summed E-state index contributed by atoms with van der Waals surface area (Å²) >= 11 is 12.0. The number of rotatable bonds is 4. The van der Waals surface area contributed by atoms with Crippen molar-refractivity contribution in [3.63, 3.8) is 0 Å². The van der Waals surface area contributed by atoms with Crippen molar-refractivity contribution in [3.05, 3.63) is 58.6 Å². The van der Waals surface area contributed by atoms with Crippen LogP contribution in [0.1, 0.15) is 13.8 Å². The highest BCUT2D eigenvalue weighted by molar-refractivity contribution is 6.31. The second-order valence-corrected chi connectivity index (χ2v) is 6.51. The van der Waals surface area contributed by atoms with Gasteiger partial charge in [-0.05, 0) is 42.5 Å². The first-order chi connectivity index (χ1) is 12.8. The number of carbonyl (C=O) groups is 2. The molecule has 0 radical (unpaired) electrons. The van der Waals surface area contributed by atoms with Crippen LogP contribution in [0.15, 0.2) is 48.5 Å². The molecule has 3 aromatic rings. The molecule has 0 unspecified atom stereocenters. The van der Waals surface area contributed by atoms with E-state index in [0.29, 0.717) is 26.6 Å². The second-order valence-electron chi connectivity index (χ2n) is 5.64. The third kappa shape index (κ3) is 4.51. The monoisotopic (exact) mass is 404 g/mol. The SMILES string of the molecule is CC(=O)Oc1cc(Oc2ccc(Cl)cc2)c(OC(C)=O)c2ccc(Cl)cc12. The standard InChI is InChI=1S/C20H14Cl2O5/c1-11(23)25-18-10-19(27-15-6-3-13(21)4-7-15)20(26-12(2)24)16-8-5-14(22)9-17(16)18/h3-10H,1-2H3. The summed E-state index contributed by atoms with van der Waals surface area (Å²) in [6.07, 6.45) is 0. The van der Waals surface area contributed by atoms with Gasteiger partial charge in [0.2, 0.25) is 0 Å².